The summed E-state index contributed by atoms with van der Waals surface area (Å²) in [5.41, 5.74) is 0.732. The summed E-state index contributed by atoms with van der Waals surface area (Å²) in [6.45, 7) is 10.3. The fourth-order valence-electron chi connectivity index (χ4n) is 2.51. The smallest absolute Gasteiger partial charge is 0.243 e. The van der Waals surface area contributed by atoms with Crippen molar-refractivity contribution < 1.29 is 9.59 Å². The van der Waals surface area contributed by atoms with E-state index in [0.717, 1.165) is 12.0 Å². The van der Waals surface area contributed by atoms with E-state index in [0.29, 0.717) is 19.4 Å². The highest BCUT2D eigenvalue weighted by Gasteiger charge is 2.29. The summed E-state index contributed by atoms with van der Waals surface area (Å²) in [5.74, 6) is -0.0485. The highest BCUT2D eigenvalue weighted by Crippen LogP contribution is 2.15. The summed E-state index contributed by atoms with van der Waals surface area (Å²) < 4.78 is 0. The van der Waals surface area contributed by atoms with E-state index >= 15 is 0 Å². The SMILES string of the molecule is CCCC(=O)N(Cc1ccccc1)[C@@H](CC)C(=O)NC(C)(C)C. The Morgan fingerprint density at radius 3 is 2.22 bits per heavy atom. The molecule has 0 aromatic heterocycles. The molecule has 0 aliphatic heterocycles. The highest BCUT2D eigenvalue weighted by molar-refractivity contribution is 5.88. The molecular formula is C19H30N2O2. The van der Waals surface area contributed by atoms with Gasteiger partial charge in [0.05, 0.1) is 0 Å². The Balaban J connectivity index is 3.00. The van der Waals surface area contributed by atoms with Gasteiger partial charge in [0.15, 0.2) is 0 Å². The normalized spacial score (nSPS) is 12.6. The zero-order valence-electron chi connectivity index (χ0n) is 15.1. The van der Waals surface area contributed by atoms with Crippen LogP contribution in [0.25, 0.3) is 0 Å². The molecule has 0 aliphatic rings. The van der Waals surface area contributed by atoms with Gasteiger partial charge in [-0.15, -0.1) is 0 Å². The molecule has 128 valence electrons. The summed E-state index contributed by atoms with van der Waals surface area (Å²) in [5, 5.41) is 3.00. The van der Waals surface area contributed by atoms with Crippen LogP contribution >= 0.6 is 0 Å². The summed E-state index contributed by atoms with van der Waals surface area (Å²) in [4.78, 5) is 26.9. The summed E-state index contributed by atoms with van der Waals surface area (Å²) in [6, 6.07) is 9.39. The van der Waals surface area contributed by atoms with E-state index in [4.69, 9.17) is 0 Å². The lowest BCUT2D eigenvalue weighted by atomic mass is 10.0. The molecule has 1 aromatic carbocycles. The number of nitrogens with zero attached hydrogens (tertiary/aromatic N) is 1. The third kappa shape index (κ3) is 6.43. The lowest BCUT2D eigenvalue weighted by molar-refractivity contribution is -0.142. The molecule has 1 N–H and O–H groups in total. The van der Waals surface area contributed by atoms with Crippen LogP contribution in [0.5, 0.6) is 0 Å². The number of hydrogen-bond acceptors (Lipinski definition) is 2. The summed E-state index contributed by atoms with van der Waals surface area (Å²) in [7, 11) is 0. The fraction of sp³-hybridized carbons (Fsp3) is 0.579. The van der Waals surface area contributed by atoms with Gasteiger partial charge in [-0.05, 0) is 39.2 Å². The van der Waals surface area contributed by atoms with Crippen molar-refractivity contribution in [3.8, 4) is 0 Å². The molecule has 0 heterocycles. The van der Waals surface area contributed by atoms with Crippen molar-refractivity contribution in [3.63, 3.8) is 0 Å². The number of carbonyl (C=O) groups excluding carboxylic acids is 2. The number of nitrogens with one attached hydrogen (secondary N) is 1. The molecule has 4 nitrogen and oxygen atoms in total. The minimum absolute atomic E-state index is 0.0345. The van der Waals surface area contributed by atoms with Gasteiger partial charge in [-0.25, -0.2) is 0 Å². The molecule has 2 amide bonds. The predicted octanol–water partition coefficient (Wildman–Crippen LogP) is 3.51. The van der Waals surface area contributed by atoms with Gasteiger partial charge in [0.25, 0.3) is 0 Å². The second kappa shape index (κ2) is 8.70. The van der Waals surface area contributed by atoms with Crippen molar-refractivity contribution in [1.82, 2.24) is 10.2 Å². The molecule has 4 heteroatoms. The van der Waals surface area contributed by atoms with E-state index in [1.165, 1.54) is 0 Å². The Hall–Kier alpha value is -1.84. The first-order valence-electron chi connectivity index (χ1n) is 8.44. The minimum atomic E-state index is -0.437. The topological polar surface area (TPSA) is 49.4 Å². The Morgan fingerprint density at radius 1 is 1.13 bits per heavy atom. The van der Waals surface area contributed by atoms with Crippen molar-refractivity contribution in [2.24, 2.45) is 0 Å². The predicted molar refractivity (Wildman–Crippen MR) is 93.9 cm³/mol. The van der Waals surface area contributed by atoms with Crippen LogP contribution in [0.15, 0.2) is 30.3 Å². The second-order valence-electron chi connectivity index (χ2n) is 6.92. The Kier molecular flexibility index (Phi) is 7.27. The van der Waals surface area contributed by atoms with Gasteiger partial charge in [0.2, 0.25) is 11.8 Å². The standard InChI is InChI=1S/C19H30N2O2/c1-6-11-17(22)21(14-15-12-9-8-10-13-15)16(7-2)18(23)20-19(3,4)5/h8-10,12-13,16H,6-7,11,14H2,1-5H3,(H,20,23)/t16-/m0/s1. The quantitative estimate of drug-likeness (QED) is 0.836. The van der Waals surface area contributed by atoms with Crippen molar-refractivity contribution in [2.75, 3.05) is 0 Å². The van der Waals surface area contributed by atoms with E-state index in [2.05, 4.69) is 5.32 Å². The molecule has 23 heavy (non-hydrogen) atoms. The maximum absolute atomic E-state index is 12.6. The fourth-order valence-corrected chi connectivity index (χ4v) is 2.51. The number of rotatable bonds is 7. The summed E-state index contributed by atoms with van der Waals surface area (Å²) >= 11 is 0. The zero-order chi connectivity index (χ0) is 17.5. The number of hydrogen-bond donors (Lipinski definition) is 1. The van der Waals surface area contributed by atoms with Gasteiger partial charge in [-0.2, -0.15) is 0 Å². The maximum Gasteiger partial charge on any atom is 0.243 e. The molecule has 0 radical (unpaired) electrons. The second-order valence-corrected chi connectivity index (χ2v) is 6.92. The third-order valence-electron chi connectivity index (χ3n) is 3.54. The minimum Gasteiger partial charge on any atom is -0.350 e. The Bertz CT molecular complexity index is 506. The van der Waals surface area contributed by atoms with Crippen LogP contribution in [0.1, 0.15) is 59.4 Å². The average molecular weight is 318 g/mol. The van der Waals surface area contributed by atoms with E-state index in [9.17, 15) is 9.59 Å². The lowest BCUT2D eigenvalue weighted by Gasteiger charge is -2.33. The molecule has 0 saturated heterocycles. The van der Waals surface area contributed by atoms with Crippen LogP contribution in [0.4, 0.5) is 0 Å². The maximum atomic E-state index is 12.6. The number of carbonyl (C=O) groups is 2. The van der Waals surface area contributed by atoms with Crippen LogP contribution < -0.4 is 5.32 Å². The van der Waals surface area contributed by atoms with Gasteiger partial charge < -0.3 is 10.2 Å². The van der Waals surface area contributed by atoms with Crippen LogP contribution in [0.3, 0.4) is 0 Å². The first kappa shape index (κ1) is 19.2. The van der Waals surface area contributed by atoms with Crippen LogP contribution in [0.2, 0.25) is 0 Å². The van der Waals surface area contributed by atoms with Crippen LogP contribution in [-0.4, -0.2) is 28.3 Å². The molecule has 1 atom stereocenters. The Morgan fingerprint density at radius 2 is 1.74 bits per heavy atom. The van der Waals surface area contributed by atoms with Crippen molar-refractivity contribution in [1.29, 1.82) is 0 Å². The van der Waals surface area contributed by atoms with Gasteiger partial charge in [0, 0.05) is 18.5 Å². The largest absolute Gasteiger partial charge is 0.350 e. The molecular weight excluding hydrogens is 288 g/mol. The number of amides is 2. The first-order valence-corrected chi connectivity index (χ1v) is 8.44. The zero-order valence-corrected chi connectivity index (χ0v) is 15.1. The number of benzene rings is 1. The lowest BCUT2D eigenvalue weighted by Crippen LogP contribution is -2.53. The molecule has 1 rings (SSSR count). The Labute approximate surface area is 140 Å². The molecule has 0 saturated carbocycles. The van der Waals surface area contributed by atoms with E-state index in [1.54, 1.807) is 4.90 Å². The van der Waals surface area contributed by atoms with Crippen LogP contribution in [-0.2, 0) is 16.1 Å². The van der Waals surface area contributed by atoms with Crippen molar-refractivity contribution >= 4 is 11.8 Å². The monoisotopic (exact) mass is 318 g/mol. The third-order valence-corrected chi connectivity index (χ3v) is 3.54. The molecule has 0 spiro atoms. The van der Waals surface area contributed by atoms with E-state index < -0.39 is 6.04 Å². The van der Waals surface area contributed by atoms with Gasteiger partial charge >= 0.3 is 0 Å². The molecule has 0 fully saturated rings. The average Bonchev–Trinajstić information content (AvgIpc) is 2.46. The van der Waals surface area contributed by atoms with Crippen molar-refractivity contribution in [2.45, 2.75) is 72.0 Å². The molecule has 0 unspecified atom stereocenters. The van der Waals surface area contributed by atoms with Crippen molar-refractivity contribution in [3.05, 3.63) is 35.9 Å². The van der Waals surface area contributed by atoms with Gasteiger partial charge in [-0.3, -0.25) is 9.59 Å². The van der Waals surface area contributed by atoms with Crippen LogP contribution in [0, 0.1) is 0 Å². The first-order chi connectivity index (χ1) is 10.8. The van der Waals surface area contributed by atoms with Gasteiger partial charge in [-0.1, -0.05) is 44.2 Å². The molecule has 0 aliphatic carbocycles. The van der Waals surface area contributed by atoms with E-state index in [-0.39, 0.29) is 17.4 Å². The van der Waals surface area contributed by atoms with E-state index in [1.807, 2.05) is 65.0 Å². The molecule has 1 aromatic rings. The molecule has 0 bridgehead atoms. The van der Waals surface area contributed by atoms with Gasteiger partial charge in [0.1, 0.15) is 6.04 Å². The highest BCUT2D eigenvalue weighted by atomic mass is 16.2. The summed E-state index contributed by atoms with van der Waals surface area (Å²) in [6.07, 6.45) is 1.85.